The second-order valence-corrected chi connectivity index (χ2v) is 6.72. The average Bonchev–Trinajstić information content (AvgIpc) is 2.44. The summed E-state index contributed by atoms with van der Waals surface area (Å²) in [6.45, 7) is 2.51. The van der Waals surface area contributed by atoms with E-state index in [1.165, 1.54) is 12.8 Å². The molecule has 1 aliphatic rings. The van der Waals surface area contributed by atoms with E-state index in [9.17, 15) is 17.6 Å². The Kier molecular flexibility index (Phi) is 6.18. The van der Waals surface area contributed by atoms with Crippen molar-refractivity contribution in [3.63, 3.8) is 0 Å². The minimum Gasteiger partial charge on any atom is -0.493 e. The van der Waals surface area contributed by atoms with Crippen LogP contribution < -0.4 is 4.74 Å². The molecule has 0 heterocycles. The topological polar surface area (TPSA) is 9.23 Å². The lowest BCUT2D eigenvalue weighted by Crippen LogP contribution is -2.20. The molecule has 130 valence electrons. The molecule has 1 saturated carbocycles. The fourth-order valence-electron chi connectivity index (χ4n) is 3.21. The summed E-state index contributed by atoms with van der Waals surface area (Å²) in [6.07, 6.45) is 6.74. The Balaban J connectivity index is 1.92. The van der Waals surface area contributed by atoms with Crippen LogP contribution in [0.15, 0.2) is 12.1 Å². The molecule has 1 aromatic rings. The molecular weight excluding hydrogens is 332 g/mol. The first-order valence-corrected chi connectivity index (χ1v) is 8.38. The number of hydrogen-bond acceptors (Lipinski definition) is 1. The summed E-state index contributed by atoms with van der Waals surface area (Å²) in [5, 5.41) is -4.08. The summed E-state index contributed by atoms with van der Waals surface area (Å²) in [7, 11) is 0. The highest BCUT2D eigenvalue weighted by Crippen LogP contribution is 2.38. The molecule has 0 unspecified atom stereocenters. The Hall–Kier alpha value is -0.970. The molecule has 0 spiro atoms. The lowest BCUT2D eigenvalue weighted by atomic mass is 9.80. The molecule has 0 radical (unpaired) electrons. The first-order chi connectivity index (χ1) is 10.8. The van der Waals surface area contributed by atoms with Crippen molar-refractivity contribution < 1.29 is 22.3 Å². The van der Waals surface area contributed by atoms with Crippen molar-refractivity contribution in [1.29, 1.82) is 0 Å². The first kappa shape index (κ1) is 18.4. The van der Waals surface area contributed by atoms with Crippen molar-refractivity contribution >= 4 is 11.6 Å². The quantitative estimate of drug-likeness (QED) is 0.435. The largest absolute Gasteiger partial charge is 0.493 e. The van der Waals surface area contributed by atoms with Gasteiger partial charge in [0.05, 0.1) is 6.61 Å². The predicted octanol–water partition coefficient (Wildman–Crippen LogP) is 6.24. The lowest BCUT2D eigenvalue weighted by molar-refractivity contribution is 0.0855. The SMILES string of the molecule is CCCC1CCC(COc2cc(F)c(C(F)(F)Cl)c(F)c2)CC1. The summed E-state index contributed by atoms with van der Waals surface area (Å²) in [5.41, 5.74) is -1.44. The van der Waals surface area contributed by atoms with E-state index in [2.05, 4.69) is 6.92 Å². The summed E-state index contributed by atoms with van der Waals surface area (Å²) < 4.78 is 58.5. The summed E-state index contributed by atoms with van der Waals surface area (Å²) in [6, 6.07) is 1.52. The van der Waals surface area contributed by atoms with E-state index in [-0.39, 0.29) is 5.75 Å². The van der Waals surface area contributed by atoms with Crippen molar-refractivity contribution in [1.82, 2.24) is 0 Å². The number of benzene rings is 1. The lowest BCUT2D eigenvalue weighted by Gasteiger charge is -2.28. The first-order valence-electron chi connectivity index (χ1n) is 8.00. The molecule has 1 fully saturated rings. The third-order valence-corrected chi connectivity index (χ3v) is 4.64. The molecule has 1 aromatic carbocycles. The molecule has 0 bridgehead atoms. The van der Waals surface area contributed by atoms with Crippen LogP contribution in [0, 0.1) is 23.5 Å². The third-order valence-electron chi connectivity index (χ3n) is 4.45. The monoisotopic (exact) mass is 352 g/mol. The second-order valence-electron chi connectivity index (χ2n) is 6.25. The van der Waals surface area contributed by atoms with E-state index in [1.807, 2.05) is 0 Å². The van der Waals surface area contributed by atoms with E-state index >= 15 is 0 Å². The van der Waals surface area contributed by atoms with Crippen LogP contribution in [0.5, 0.6) is 5.75 Å². The normalized spacial score (nSPS) is 22.2. The van der Waals surface area contributed by atoms with Gasteiger partial charge in [-0.25, -0.2) is 8.78 Å². The molecule has 6 heteroatoms. The van der Waals surface area contributed by atoms with Gasteiger partial charge in [0.15, 0.2) is 0 Å². The Bertz CT molecular complexity index is 499. The predicted molar refractivity (Wildman–Crippen MR) is 82.0 cm³/mol. The van der Waals surface area contributed by atoms with Crippen LogP contribution >= 0.6 is 11.6 Å². The fraction of sp³-hybridized carbons (Fsp3) is 0.647. The van der Waals surface area contributed by atoms with Gasteiger partial charge in [-0.3, -0.25) is 0 Å². The second kappa shape index (κ2) is 7.73. The Morgan fingerprint density at radius 2 is 1.61 bits per heavy atom. The zero-order valence-electron chi connectivity index (χ0n) is 13.1. The summed E-state index contributed by atoms with van der Waals surface area (Å²) in [5.74, 6) is -1.78. The Labute approximate surface area is 139 Å². The average molecular weight is 353 g/mol. The van der Waals surface area contributed by atoms with Gasteiger partial charge in [-0.2, -0.15) is 8.78 Å². The molecule has 0 amide bonds. The van der Waals surface area contributed by atoms with Crippen LogP contribution in [0.1, 0.15) is 51.0 Å². The highest BCUT2D eigenvalue weighted by atomic mass is 35.5. The smallest absolute Gasteiger partial charge is 0.353 e. The van der Waals surface area contributed by atoms with Crippen molar-refractivity contribution in [3.8, 4) is 5.75 Å². The zero-order valence-corrected chi connectivity index (χ0v) is 13.8. The highest BCUT2D eigenvalue weighted by Gasteiger charge is 2.35. The molecular formula is C17H21ClF4O. The van der Waals surface area contributed by atoms with Crippen molar-refractivity contribution in [2.75, 3.05) is 6.61 Å². The fourth-order valence-corrected chi connectivity index (χ4v) is 3.39. The molecule has 1 nitrogen and oxygen atoms in total. The number of hydrogen-bond donors (Lipinski definition) is 0. The maximum Gasteiger partial charge on any atom is 0.353 e. The van der Waals surface area contributed by atoms with Crippen LogP contribution in [-0.4, -0.2) is 6.61 Å². The van der Waals surface area contributed by atoms with Crippen molar-refractivity contribution in [3.05, 3.63) is 29.3 Å². The van der Waals surface area contributed by atoms with Gasteiger partial charge in [-0.15, -0.1) is 0 Å². The van der Waals surface area contributed by atoms with Crippen LogP contribution in [0.4, 0.5) is 17.6 Å². The molecule has 0 N–H and O–H groups in total. The summed E-state index contributed by atoms with van der Waals surface area (Å²) in [4.78, 5) is 0. The molecule has 2 rings (SSSR count). The van der Waals surface area contributed by atoms with E-state index in [0.717, 1.165) is 43.7 Å². The number of rotatable bonds is 6. The van der Waals surface area contributed by atoms with E-state index < -0.39 is 22.6 Å². The minimum absolute atomic E-state index is 0.0830. The Morgan fingerprint density at radius 1 is 1.09 bits per heavy atom. The molecule has 0 atom stereocenters. The minimum atomic E-state index is -4.08. The van der Waals surface area contributed by atoms with E-state index in [4.69, 9.17) is 16.3 Å². The molecule has 23 heavy (non-hydrogen) atoms. The highest BCUT2D eigenvalue weighted by molar-refractivity contribution is 6.21. The van der Waals surface area contributed by atoms with Crippen molar-refractivity contribution in [2.24, 2.45) is 11.8 Å². The van der Waals surface area contributed by atoms with Gasteiger partial charge in [0.2, 0.25) is 0 Å². The number of alkyl halides is 3. The van der Waals surface area contributed by atoms with Crippen LogP contribution in [0.25, 0.3) is 0 Å². The molecule has 0 aliphatic heterocycles. The van der Waals surface area contributed by atoms with Crippen LogP contribution in [0.3, 0.4) is 0 Å². The van der Waals surface area contributed by atoms with Gasteiger partial charge in [-0.05, 0) is 36.3 Å². The standard InChI is InChI=1S/C17H21ClF4O/c1-2-3-11-4-6-12(7-5-11)10-23-13-8-14(19)16(15(20)9-13)17(18,21)22/h8-9,11-12H,2-7,10H2,1H3. The van der Waals surface area contributed by atoms with E-state index in [0.29, 0.717) is 12.5 Å². The Morgan fingerprint density at radius 3 is 2.09 bits per heavy atom. The van der Waals surface area contributed by atoms with Gasteiger partial charge >= 0.3 is 5.38 Å². The molecule has 0 aromatic heterocycles. The van der Waals surface area contributed by atoms with Gasteiger partial charge in [-0.1, -0.05) is 32.6 Å². The van der Waals surface area contributed by atoms with Gasteiger partial charge in [0, 0.05) is 12.1 Å². The maximum absolute atomic E-state index is 13.6. The maximum atomic E-state index is 13.6. The zero-order chi connectivity index (χ0) is 17.0. The van der Waals surface area contributed by atoms with E-state index in [1.54, 1.807) is 0 Å². The molecule has 1 aliphatic carbocycles. The number of halogens is 5. The summed E-state index contributed by atoms with van der Waals surface area (Å²) >= 11 is 4.71. The number of ether oxygens (including phenoxy) is 1. The van der Waals surface area contributed by atoms with Crippen molar-refractivity contribution in [2.45, 2.75) is 50.8 Å². The van der Waals surface area contributed by atoms with Gasteiger partial charge in [0.1, 0.15) is 22.9 Å². The van der Waals surface area contributed by atoms with Crippen LogP contribution in [-0.2, 0) is 5.38 Å². The van der Waals surface area contributed by atoms with Gasteiger partial charge < -0.3 is 4.74 Å². The van der Waals surface area contributed by atoms with Gasteiger partial charge in [0.25, 0.3) is 0 Å². The van der Waals surface area contributed by atoms with Crippen LogP contribution in [0.2, 0.25) is 0 Å². The third kappa shape index (κ3) is 5.00. The molecule has 0 saturated heterocycles.